The van der Waals surface area contributed by atoms with E-state index >= 15 is 0 Å². The van der Waals surface area contributed by atoms with Crippen molar-refractivity contribution < 1.29 is 9.59 Å². The summed E-state index contributed by atoms with van der Waals surface area (Å²) < 4.78 is 0. The monoisotopic (exact) mass is 342 g/mol. The van der Waals surface area contributed by atoms with Crippen molar-refractivity contribution in [3.8, 4) is 0 Å². The summed E-state index contributed by atoms with van der Waals surface area (Å²) >= 11 is 0. The zero-order valence-corrected chi connectivity index (χ0v) is 15.5. The van der Waals surface area contributed by atoms with Gasteiger partial charge in [-0.05, 0) is 43.2 Å². The Hall–Kier alpha value is -1.84. The number of fused-ring (bicyclic) bond motifs is 1. The van der Waals surface area contributed by atoms with Gasteiger partial charge in [-0.25, -0.2) is 0 Å². The number of carbonyl (C=O) groups excluding carboxylic acids is 2. The number of carbonyl (C=O) groups is 2. The van der Waals surface area contributed by atoms with Crippen LogP contribution in [0.25, 0.3) is 0 Å². The minimum Gasteiger partial charge on any atom is -0.355 e. The lowest BCUT2D eigenvalue weighted by molar-refractivity contribution is -0.138. The van der Waals surface area contributed by atoms with Crippen molar-refractivity contribution in [2.75, 3.05) is 19.6 Å². The fourth-order valence-corrected chi connectivity index (χ4v) is 4.16. The average Bonchev–Trinajstić information content (AvgIpc) is 2.65. The summed E-state index contributed by atoms with van der Waals surface area (Å²) in [4.78, 5) is 26.5. The highest BCUT2D eigenvalue weighted by molar-refractivity contribution is 5.80. The van der Waals surface area contributed by atoms with E-state index in [1.165, 1.54) is 17.5 Å². The largest absolute Gasteiger partial charge is 0.355 e. The van der Waals surface area contributed by atoms with E-state index in [0.29, 0.717) is 19.0 Å². The van der Waals surface area contributed by atoms with Crippen molar-refractivity contribution in [1.82, 2.24) is 10.2 Å². The molecule has 0 spiro atoms. The molecular weight excluding hydrogens is 312 g/mol. The van der Waals surface area contributed by atoms with Gasteiger partial charge in [0.05, 0.1) is 0 Å². The van der Waals surface area contributed by atoms with Gasteiger partial charge >= 0.3 is 0 Å². The summed E-state index contributed by atoms with van der Waals surface area (Å²) in [6, 6.07) is 8.62. The van der Waals surface area contributed by atoms with E-state index < -0.39 is 0 Å². The lowest BCUT2D eigenvalue weighted by atomic mass is 9.82. The predicted molar refractivity (Wildman–Crippen MR) is 99.3 cm³/mol. The third-order valence-electron chi connectivity index (χ3n) is 5.69. The SMILES string of the molecule is CC(C)C(=O)N1CCC(C(=O)NCC2CCCc3ccccc32)CC1. The molecule has 1 unspecified atom stereocenters. The highest BCUT2D eigenvalue weighted by atomic mass is 16.2. The van der Waals surface area contributed by atoms with E-state index in [1.54, 1.807) is 0 Å². The van der Waals surface area contributed by atoms with Gasteiger partial charge < -0.3 is 10.2 Å². The van der Waals surface area contributed by atoms with E-state index in [9.17, 15) is 9.59 Å². The Morgan fingerprint density at radius 1 is 1.16 bits per heavy atom. The quantitative estimate of drug-likeness (QED) is 0.914. The Labute approximate surface area is 151 Å². The molecule has 1 aromatic rings. The molecule has 1 atom stereocenters. The molecule has 1 N–H and O–H groups in total. The van der Waals surface area contributed by atoms with Crippen LogP contribution in [0.1, 0.15) is 56.6 Å². The summed E-state index contributed by atoms with van der Waals surface area (Å²) in [5.74, 6) is 0.903. The number of aryl methyl sites for hydroxylation is 1. The standard InChI is InChI=1S/C21H30N2O2/c1-15(2)21(25)23-12-10-17(11-13-23)20(24)22-14-18-8-5-7-16-6-3-4-9-19(16)18/h3-4,6,9,15,17-18H,5,7-8,10-14H2,1-2H3,(H,22,24). The first-order chi connectivity index (χ1) is 12.1. The topological polar surface area (TPSA) is 49.4 Å². The van der Waals surface area contributed by atoms with Crippen LogP contribution in [0.3, 0.4) is 0 Å². The average molecular weight is 342 g/mol. The normalized spacial score (nSPS) is 21.1. The molecule has 1 aliphatic carbocycles. The number of rotatable bonds is 4. The maximum Gasteiger partial charge on any atom is 0.225 e. The molecule has 1 fully saturated rings. The van der Waals surface area contributed by atoms with Gasteiger partial charge in [0, 0.05) is 37.4 Å². The van der Waals surface area contributed by atoms with Crippen LogP contribution < -0.4 is 5.32 Å². The van der Waals surface area contributed by atoms with Crippen molar-refractivity contribution in [3.63, 3.8) is 0 Å². The van der Waals surface area contributed by atoms with Gasteiger partial charge in [0.2, 0.25) is 11.8 Å². The summed E-state index contributed by atoms with van der Waals surface area (Å²) in [7, 11) is 0. The molecule has 0 bridgehead atoms. The highest BCUT2D eigenvalue weighted by Crippen LogP contribution is 2.31. The molecule has 1 aromatic carbocycles. The molecule has 0 saturated carbocycles. The molecule has 25 heavy (non-hydrogen) atoms. The van der Waals surface area contributed by atoms with Gasteiger partial charge in [0.1, 0.15) is 0 Å². The maximum atomic E-state index is 12.5. The van der Waals surface area contributed by atoms with Crippen LogP contribution in [-0.2, 0) is 16.0 Å². The van der Waals surface area contributed by atoms with Crippen LogP contribution >= 0.6 is 0 Å². The third-order valence-corrected chi connectivity index (χ3v) is 5.69. The second-order valence-electron chi connectivity index (χ2n) is 7.79. The van der Waals surface area contributed by atoms with Crippen molar-refractivity contribution in [2.45, 2.75) is 51.9 Å². The van der Waals surface area contributed by atoms with E-state index in [0.717, 1.165) is 32.2 Å². The zero-order chi connectivity index (χ0) is 17.8. The van der Waals surface area contributed by atoms with Gasteiger partial charge in [-0.15, -0.1) is 0 Å². The Morgan fingerprint density at radius 2 is 1.88 bits per heavy atom. The third kappa shape index (κ3) is 4.23. The zero-order valence-electron chi connectivity index (χ0n) is 15.5. The lowest BCUT2D eigenvalue weighted by Gasteiger charge is -2.33. The molecule has 2 aliphatic rings. The summed E-state index contributed by atoms with van der Waals surface area (Å²) in [5, 5.41) is 3.19. The van der Waals surface area contributed by atoms with Crippen molar-refractivity contribution in [2.24, 2.45) is 11.8 Å². The van der Waals surface area contributed by atoms with Crippen LogP contribution in [0.4, 0.5) is 0 Å². The number of benzene rings is 1. The van der Waals surface area contributed by atoms with Crippen LogP contribution in [0.2, 0.25) is 0 Å². The molecule has 4 nitrogen and oxygen atoms in total. The predicted octanol–water partition coefficient (Wildman–Crippen LogP) is 3.12. The van der Waals surface area contributed by atoms with Crippen LogP contribution in [0.15, 0.2) is 24.3 Å². The molecule has 3 rings (SSSR count). The fraction of sp³-hybridized carbons (Fsp3) is 0.619. The number of hydrogen-bond acceptors (Lipinski definition) is 2. The number of hydrogen-bond donors (Lipinski definition) is 1. The van der Waals surface area contributed by atoms with Gasteiger partial charge in [0.15, 0.2) is 0 Å². The maximum absolute atomic E-state index is 12.5. The van der Waals surface area contributed by atoms with E-state index in [-0.39, 0.29) is 23.7 Å². The van der Waals surface area contributed by atoms with E-state index in [1.807, 2.05) is 18.7 Å². The molecule has 0 radical (unpaired) electrons. The second-order valence-corrected chi connectivity index (χ2v) is 7.79. The summed E-state index contributed by atoms with van der Waals surface area (Å²) in [6.45, 7) is 6.02. The molecule has 1 heterocycles. The van der Waals surface area contributed by atoms with Crippen LogP contribution in [-0.4, -0.2) is 36.3 Å². The van der Waals surface area contributed by atoms with Gasteiger partial charge in [0.25, 0.3) is 0 Å². The van der Waals surface area contributed by atoms with Crippen LogP contribution in [0.5, 0.6) is 0 Å². The van der Waals surface area contributed by atoms with Gasteiger partial charge in [-0.3, -0.25) is 9.59 Å². The molecule has 0 aromatic heterocycles. The number of amides is 2. The van der Waals surface area contributed by atoms with Gasteiger partial charge in [-0.2, -0.15) is 0 Å². The molecule has 4 heteroatoms. The van der Waals surface area contributed by atoms with Crippen molar-refractivity contribution >= 4 is 11.8 Å². The van der Waals surface area contributed by atoms with Crippen LogP contribution in [0, 0.1) is 11.8 Å². The molecule has 1 saturated heterocycles. The van der Waals surface area contributed by atoms with Crippen molar-refractivity contribution in [3.05, 3.63) is 35.4 Å². The first kappa shape index (κ1) is 18.0. The van der Waals surface area contributed by atoms with E-state index in [4.69, 9.17) is 0 Å². The Kier molecular flexibility index (Phi) is 5.77. The summed E-state index contributed by atoms with van der Waals surface area (Å²) in [6.07, 6.45) is 5.08. The Morgan fingerprint density at radius 3 is 2.60 bits per heavy atom. The smallest absolute Gasteiger partial charge is 0.225 e. The minimum atomic E-state index is 0.0387. The number of likely N-dealkylation sites (tertiary alicyclic amines) is 1. The van der Waals surface area contributed by atoms with Gasteiger partial charge in [-0.1, -0.05) is 38.1 Å². The number of piperidine rings is 1. The first-order valence-electron chi connectivity index (χ1n) is 9.70. The minimum absolute atomic E-state index is 0.0387. The number of nitrogens with zero attached hydrogens (tertiary/aromatic N) is 1. The van der Waals surface area contributed by atoms with E-state index in [2.05, 4.69) is 29.6 Å². The lowest BCUT2D eigenvalue weighted by Crippen LogP contribution is -2.44. The second kappa shape index (κ2) is 8.03. The first-order valence-corrected chi connectivity index (χ1v) is 9.70. The molecule has 2 amide bonds. The fourth-order valence-electron chi connectivity index (χ4n) is 4.16. The molecular formula is C21H30N2O2. The molecule has 136 valence electrons. The summed E-state index contributed by atoms with van der Waals surface area (Å²) in [5.41, 5.74) is 2.85. The Bertz CT molecular complexity index is 618. The molecule has 1 aliphatic heterocycles. The highest BCUT2D eigenvalue weighted by Gasteiger charge is 2.29. The Balaban J connectivity index is 1.49. The number of nitrogens with one attached hydrogen (secondary N) is 1. The van der Waals surface area contributed by atoms with Crippen molar-refractivity contribution in [1.29, 1.82) is 0 Å².